The number of carbonyl (C=O) groups excluding carboxylic acids is 1. The zero-order valence-electron chi connectivity index (χ0n) is 14.5. The predicted octanol–water partition coefficient (Wildman–Crippen LogP) is 4.29. The van der Waals surface area contributed by atoms with E-state index in [2.05, 4.69) is 16.5 Å². The van der Waals surface area contributed by atoms with Crippen LogP contribution < -0.4 is 11.1 Å². The van der Waals surface area contributed by atoms with Gasteiger partial charge in [0.1, 0.15) is 23.1 Å². The second-order valence-electron chi connectivity index (χ2n) is 6.53. The zero-order chi connectivity index (χ0) is 17.9. The normalized spacial score (nSPS) is 14.4. The molecule has 0 fully saturated rings. The quantitative estimate of drug-likeness (QED) is 0.669. The maximum absolute atomic E-state index is 12.7. The number of nitrogens with two attached hydrogens (primary N) is 1. The van der Waals surface area contributed by atoms with Crippen LogP contribution in [0.2, 0.25) is 0 Å². The highest BCUT2D eigenvalue weighted by molar-refractivity contribution is 6.06. The van der Waals surface area contributed by atoms with Crippen LogP contribution in [0.25, 0.3) is 22.2 Å². The Labute approximate surface area is 151 Å². The Morgan fingerprint density at radius 1 is 1.27 bits per heavy atom. The second kappa shape index (κ2) is 7.07. The molecule has 4 rings (SSSR count). The van der Waals surface area contributed by atoms with E-state index in [1.165, 1.54) is 18.4 Å². The van der Waals surface area contributed by atoms with Gasteiger partial charge in [0.15, 0.2) is 0 Å². The summed E-state index contributed by atoms with van der Waals surface area (Å²) in [6.07, 6.45) is 9.47. The number of fused-ring (bicyclic) bond motifs is 1. The molecule has 26 heavy (non-hydrogen) atoms. The number of rotatable bonds is 5. The van der Waals surface area contributed by atoms with Crippen LogP contribution in [-0.2, 0) is 0 Å². The summed E-state index contributed by atoms with van der Waals surface area (Å²) in [5, 5.41) is 7.79. The van der Waals surface area contributed by atoms with E-state index in [0.29, 0.717) is 17.8 Å². The van der Waals surface area contributed by atoms with Crippen molar-refractivity contribution in [2.24, 2.45) is 0 Å². The first-order chi connectivity index (χ1) is 12.7. The minimum atomic E-state index is -0.277. The van der Waals surface area contributed by atoms with Crippen molar-refractivity contribution in [3.8, 4) is 11.3 Å². The van der Waals surface area contributed by atoms with Crippen molar-refractivity contribution in [3.05, 3.63) is 47.7 Å². The van der Waals surface area contributed by atoms with Gasteiger partial charge in [-0.1, -0.05) is 35.0 Å². The monoisotopic (exact) mass is 351 g/mol. The lowest BCUT2D eigenvalue weighted by atomic mass is 9.97. The summed E-state index contributed by atoms with van der Waals surface area (Å²) in [5.74, 6) is -0.264. The lowest BCUT2D eigenvalue weighted by Crippen LogP contribution is -2.25. The van der Waals surface area contributed by atoms with Crippen LogP contribution in [0.4, 0.5) is 5.88 Å². The lowest BCUT2D eigenvalue weighted by molar-refractivity contribution is 0.0955. The van der Waals surface area contributed by atoms with Crippen molar-refractivity contribution >= 4 is 22.8 Å². The van der Waals surface area contributed by atoms with Crippen molar-refractivity contribution in [2.75, 3.05) is 12.3 Å². The fraction of sp³-hybridized carbons (Fsp3) is 0.300. The molecule has 134 valence electrons. The van der Waals surface area contributed by atoms with Crippen LogP contribution in [0.15, 0.2) is 51.1 Å². The van der Waals surface area contributed by atoms with E-state index in [1.807, 2.05) is 24.3 Å². The minimum Gasteiger partial charge on any atom is -0.464 e. The number of allylic oxidation sites excluding steroid dienone is 1. The van der Waals surface area contributed by atoms with E-state index in [-0.39, 0.29) is 17.4 Å². The van der Waals surface area contributed by atoms with Crippen molar-refractivity contribution in [1.29, 1.82) is 0 Å². The molecule has 0 bridgehead atoms. The van der Waals surface area contributed by atoms with Gasteiger partial charge in [0.05, 0.1) is 5.56 Å². The molecule has 0 saturated carbocycles. The Hall–Kier alpha value is -3.02. The van der Waals surface area contributed by atoms with Gasteiger partial charge < -0.3 is 20.0 Å². The number of carbonyl (C=O) groups is 1. The van der Waals surface area contributed by atoms with Crippen molar-refractivity contribution < 1.29 is 13.7 Å². The van der Waals surface area contributed by atoms with Crippen LogP contribution in [0, 0.1) is 0 Å². The Kier molecular flexibility index (Phi) is 4.48. The van der Waals surface area contributed by atoms with Gasteiger partial charge in [-0.3, -0.25) is 4.79 Å². The minimum absolute atomic E-state index is 0.0136. The first kappa shape index (κ1) is 16.4. The van der Waals surface area contributed by atoms with Crippen molar-refractivity contribution in [1.82, 2.24) is 10.5 Å². The molecule has 2 heterocycles. The number of amides is 1. The number of hydrogen-bond acceptors (Lipinski definition) is 5. The maximum Gasteiger partial charge on any atom is 0.259 e. The van der Waals surface area contributed by atoms with E-state index in [1.54, 1.807) is 6.26 Å². The summed E-state index contributed by atoms with van der Waals surface area (Å²) in [5.41, 5.74) is 9.37. The number of para-hydroxylation sites is 1. The van der Waals surface area contributed by atoms with Gasteiger partial charge in [0.25, 0.3) is 5.91 Å². The van der Waals surface area contributed by atoms with E-state index in [9.17, 15) is 4.79 Å². The Bertz CT molecular complexity index is 968. The topological polar surface area (TPSA) is 94.3 Å². The SMILES string of the molecule is Nc1onc(-c2coc3ccccc23)c1C(=O)NCCC1=CCCCC1. The highest BCUT2D eigenvalue weighted by Crippen LogP contribution is 2.34. The summed E-state index contributed by atoms with van der Waals surface area (Å²) in [6.45, 7) is 0.570. The number of nitrogen functional groups attached to an aromatic ring is 1. The lowest BCUT2D eigenvalue weighted by Gasteiger charge is -2.12. The first-order valence-corrected chi connectivity index (χ1v) is 8.92. The van der Waals surface area contributed by atoms with Gasteiger partial charge >= 0.3 is 0 Å². The molecule has 3 aromatic rings. The molecule has 1 aliphatic carbocycles. The van der Waals surface area contributed by atoms with Crippen LogP contribution >= 0.6 is 0 Å². The van der Waals surface area contributed by atoms with E-state index >= 15 is 0 Å². The summed E-state index contributed by atoms with van der Waals surface area (Å²) in [7, 11) is 0. The smallest absolute Gasteiger partial charge is 0.259 e. The Balaban J connectivity index is 1.54. The summed E-state index contributed by atoms with van der Waals surface area (Å²) >= 11 is 0. The summed E-state index contributed by atoms with van der Waals surface area (Å²) < 4.78 is 10.6. The fourth-order valence-electron chi connectivity index (χ4n) is 3.42. The molecule has 1 aliphatic rings. The van der Waals surface area contributed by atoms with Gasteiger partial charge in [0, 0.05) is 11.9 Å². The van der Waals surface area contributed by atoms with Crippen LogP contribution in [0.5, 0.6) is 0 Å². The van der Waals surface area contributed by atoms with E-state index in [0.717, 1.165) is 30.2 Å². The van der Waals surface area contributed by atoms with Crippen LogP contribution in [-0.4, -0.2) is 17.6 Å². The first-order valence-electron chi connectivity index (χ1n) is 8.92. The van der Waals surface area contributed by atoms with E-state index in [4.69, 9.17) is 14.7 Å². The number of nitrogens with zero attached hydrogens (tertiary/aromatic N) is 1. The van der Waals surface area contributed by atoms with Crippen LogP contribution in [0.1, 0.15) is 42.5 Å². The number of anilines is 1. The number of aromatic nitrogens is 1. The standard InChI is InChI=1S/C20H21N3O3/c21-19-17(20(24)22-11-10-13-6-2-1-3-7-13)18(23-26-19)15-12-25-16-9-5-4-8-14(15)16/h4-6,8-9,12H,1-3,7,10-11,21H2,(H,22,24). The largest absolute Gasteiger partial charge is 0.464 e. The molecule has 2 aromatic heterocycles. The average Bonchev–Trinajstić information content (AvgIpc) is 3.25. The molecule has 0 aliphatic heterocycles. The third kappa shape index (κ3) is 3.10. The van der Waals surface area contributed by atoms with Crippen LogP contribution in [0.3, 0.4) is 0 Å². The molecule has 1 aromatic carbocycles. The molecular formula is C20H21N3O3. The second-order valence-corrected chi connectivity index (χ2v) is 6.53. The number of benzene rings is 1. The number of nitrogens with one attached hydrogen (secondary N) is 1. The molecule has 0 spiro atoms. The Morgan fingerprint density at radius 3 is 3.00 bits per heavy atom. The molecule has 6 nitrogen and oxygen atoms in total. The van der Waals surface area contributed by atoms with Gasteiger partial charge in [-0.05, 0) is 38.2 Å². The highest BCUT2D eigenvalue weighted by atomic mass is 16.5. The number of furan rings is 1. The molecule has 1 amide bonds. The third-order valence-corrected chi connectivity index (χ3v) is 4.80. The molecule has 0 unspecified atom stereocenters. The van der Waals surface area contributed by atoms with Crippen molar-refractivity contribution in [3.63, 3.8) is 0 Å². The molecule has 0 saturated heterocycles. The Morgan fingerprint density at radius 2 is 2.15 bits per heavy atom. The third-order valence-electron chi connectivity index (χ3n) is 4.80. The average molecular weight is 351 g/mol. The summed E-state index contributed by atoms with van der Waals surface area (Å²) in [4.78, 5) is 12.7. The predicted molar refractivity (Wildman–Crippen MR) is 99.6 cm³/mol. The highest BCUT2D eigenvalue weighted by Gasteiger charge is 2.24. The number of hydrogen-bond donors (Lipinski definition) is 2. The van der Waals surface area contributed by atoms with Gasteiger partial charge in [-0.2, -0.15) is 0 Å². The van der Waals surface area contributed by atoms with Gasteiger partial charge in [0.2, 0.25) is 5.88 Å². The fourth-order valence-corrected chi connectivity index (χ4v) is 3.42. The maximum atomic E-state index is 12.7. The molecule has 0 radical (unpaired) electrons. The molecule has 0 atom stereocenters. The zero-order valence-corrected chi connectivity index (χ0v) is 14.5. The molecule has 3 N–H and O–H groups in total. The van der Waals surface area contributed by atoms with E-state index < -0.39 is 0 Å². The summed E-state index contributed by atoms with van der Waals surface area (Å²) in [6, 6.07) is 7.57. The van der Waals surface area contributed by atoms with Gasteiger partial charge in [-0.25, -0.2) is 0 Å². The van der Waals surface area contributed by atoms with Gasteiger partial charge in [-0.15, -0.1) is 0 Å². The molecular weight excluding hydrogens is 330 g/mol. The van der Waals surface area contributed by atoms with Crippen molar-refractivity contribution in [2.45, 2.75) is 32.1 Å². The molecule has 6 heteroatoms.